The van der Waals surface area contributed by atoms with Crippen molar-refractivity contribution in [2.75, 3.05) is 6.26 Å². The van der Waals surface area contributed by atoms with Gasteiger partial charge in [-0.3, -0.25) is 4.28 Å². The first kappa shape index (κ1) is 14.6. The summed E-state index contributed by atoms with van der Waals surface area (Å²) in [5, 5.41) is 3.82. The summed E-state index contributed by atoms with van der Waals surface area (Å²) < 4.78 is 33.0. The number of hydrogen-bond donors (Lipinski definition) is 0. The Morgan fingerprint density at radius 3 is 2.50 bits per heavy atom. The van der Waals surface area contributed by atoms with Gasteiger partial charge in [0.1, 0.15) is 11.9 Å². The van der Waals surface area contributed by atoms with E-state index in [9.17, 15) is 8.42 Å². The van der Waals surface area contributed by atoms with E-state index in [1.807, 2.05) is 54.6 Å². The summed E-state index contributed by atoms with van der Waals surface area (Å²) >= 11 is 0. The highest BCUT2D eigenvalue weighted by atomic mass is 32.2. The van der Waals surface area contributed by atoms with E-state index >= 15 is 0 Å². The first-order chi connectivity index (χ1) is 10.5. The molecule has 0 aliphatic carbocycles. The summed E-state index contributed by atoms with van der Waals surface area (Å²) in [7, 11) is -3.64. The lowest BCUT2D eigenvalue weighted by Crippen LogP contribution is -2.21. The fourth-order valence-corrected chi connectivity index (χ4v) is 2.57. The first-order valence-corrected chi connectivity index (χ1v) is 8.61. The summed E-state index contributed by atoms with van der Waals surface area (Å²) in [5.74, 6) is 0.665. The highest BCUT2D eigenvalue weighted by Crippen LogP contribution is 2.35. The second-order valence-corrected chi connectivity index (χ2v) is 6.59. The molecule has 0 saturated heterocycles. The van der Waals surface area contributed by atoms with Gasteiger partial charge < -0.3 is 4.74 Å². The monoisotopic (exact) mass is 317 g/mol. The summed E-state index contributed by atoms with van der Waals surface area (Å²) in [6.07, 6.45) is 1.19. The van der Waals surface area contributed by atoms with Crippen molar-refractivity contribution >= 4 is 15.8 Å². The lowest BCUT2D eigenvalue weighted by Gasteiger charge is -2.27. The molecule has 0 amide bonds. The molecule has 1 aliphatic heterocycles. The summed E-state index contributed by atoms with van der Waals surface area (Å²) in [4.78, 5) is 0. The van der Waals surface area contributed by atoms with Crippen LogP contribution in [-0.2, 0) is 14.4 Å². The Kier molecular flexibility index (Phi) is 3.85. The molecule has 0 N–H and O–H groups in total. The number of oxime groups is 1. The van der Waals surface area contributed by atoms with Gasteiger partial charge in [0.25, 0.3) is 0 Å². The molecular weight excluding hydrogens is 302 g/mol. The predicted molar refractivity (Wildman–Crippen MR) is 83.3 cm³/mol. The molecule has 114 valence electrons. The number of rotatable bonds is 3. The zero-order chi connectivity index (χ0) is 15.6. The number of hydrogen-bond acceptors (Lipinski definition) is 5. The third kappa shape index (κ3) is 3.28. The van der Waals surface area contributed by atoms with Crippen LogP contribution in [0.15, 0.2) is 59.8 Å². The van der Waals surface area contributed by atoms with Crippen LogP contribution in [0.25, 0.3) is 0 Å². The van der Waals surface area contributed by atoms with Crippen molar-refractivity contribution < 1.29 is 17.4 Å². The fourth-order valence-electron chi connectivity index (χ4n) is 2.34. The van der Waals surface area contributed by atoms with Crippen LogP contribution in [0.1, 0.15) is 23.7 Å². The van der Waals surface area contributed by atoms with Crippen molar-refractivity contribution in [1.82, 2.24) is 0 Å². The van der Waals surface area contributed by atoms with Crippen molar-refractivity contribution in [2.45, 2.75) is 12.5 Å². The smallest absolute Gasteiger partial charge is 0.325 e. The van der Waals surface area contributed by atoms with E-state index in [-0.39, 0.29) is 6.10 Å². The molecule has 1 aliphatic rings. The Morgan fingerprint density at radius 1 is 1.09 bits per heavy atom. The number of fused-ring (bicyclic) bond motifs is 1. The molecule has 22 heavy (non-hydrogen) atoms. The van der Waals surface area contributed by atoms with Gasteiger partial charge in [0.2, 0.25) is 0 Å². The number of para-hydroxylation sites is 1. The van der Waals surface area contributed by atoms with Crippen LogP contribution in [0.5, 0.6) is 5.75 Å². The highest BCUT2D eigenvalue weighted by Gasteiger charge is 2.26. The van der Waals surface area contributed by atoms with Gasteiger partial charge in [-0.2, -0.15) is 8.42 Å². The molecule has 5 nitrogen and oxygen atoms in total. The maximum Gasteiger partial charge on any atom is 0.325 e. The maximum absolute atomic E-state index is 11.2. The van der Waals surface area contributed by atoms with Gasteiger partial charge in [0.05, 0.1) is 12.0 Å². The van der Waals surface area contributed by atoms with Gasteiger partial charge in [-0.05, 0) is 17.7 Å². The minimum atomic E-state index is -3.64. The van der Waals surface area contributed by atoms with E-state index in [0.717, 1.165) is 17.4 Å². The second kappa shape index (κ2) is 5.81. The van der Waals surface area contributed by atoms with Crippen LogP contribution in [0, 0.1) is 0 Å². The predicted octanol–water partition coefficient (Wildman–Crippen LogP) is 2.89. The van der Waals surface area contributed by atoms with Crippen LogP contribution >= 0.6 is 0 Å². The molecule has 1 atom stereocenters. The van der Waals surface area contributed by atoms with Crippen LogP contribution in [0.3, 0.4) is 0 Å². The molecule has 2 aromatic carbocycles. The van der Waals surface area contributed by atoms with E-state index in [1.54, 1.807) is 0 Å². The molecule has 1 unspecified atom stereocenters. The van der Waals surface area contributed by atoms with Gasteiger partial charge in [0, 0.05) is 12.0 Å². The largest absolute Gasteiger partial charge is 0.485 e. The topological polar surface area (TPSA) is 65.0 Å². The van der Waals surface area contributed by atoms with Gasteiger partial charge in [-0.15, -0.1) is 0 Å². The molecule has 0 bridgehead atoms. The summed E-state index contributed by atoms with van der Waals surface area (Å²) in [6, 6.07) is 17.1. The SMILES string of the molecule is CS(=O)(=O)O/N=C1/CC(c2ccccc2)Oc2ccccc21. The molecule has 3 rings (SSSR count). The summed E-state index contributed by atoms with van der Waals surface area (Å²) in [5.41, 5.74) is 2.31. The van der Waals surface area contributed by atoms with Crippen LogP contribution < -0.4 is 4.74 Å². The molecule has 0 aromatic heterocycles. The standard InChI is InChI=1S/C16H15NO4S/c1-22(18,19)21-17-14-11-16(12-7-3-2-4-8-12)20-15-10-6-5-9-13(14)15/h2-10,16H,11H2,1H3/b17-14-. The van der Waals surface area contributed by atoms with Gasteiger partial charge >= 0.3 is 10.1 Å². The third-order valence-corrected chi connectivity index (χ3v) is 3.65. The van der Waals surface area contributed by atoms with Gasteiger partial charge in [-0.1, -0.05) is 47.6 Å². The molecule has 1 heterocycles. The van der Waals surface area contributed by atoms with E-state index in [0.29, 0.717) is 17.9 Å². The van der Waals surface area contributed by atoms with Crippen LogP contribution in [-0.4, -0.2) is 20.4 Å². The third-order valence-electron chi connectivity index (χ3n) is 3.30. The molecule has 0 fully saturated rings. The van der Waals surface area contributed by atoms with Gasteiger partial charge in [-0.25, -0.2) is 0 Å². The van der Waals surface area contributed by atoms with Crippen molar-refractivity contribution in [3.8, 4) is 5.75 Å². The minimum Gasteiger partial charge on any atom is -0.485 e. The quantitative estimate of drug-likeness (QED) is 0.817. The van der Waals surface area contributed by atoms with E-state index in [4.69, 9.17) is 4.74 Å². The average molecular weight is 317 g/mol. The lowest BCUT2D eigenvalue weighted by atomic mass is 9.96. The normalized spacial score (nSPS) is 19.3. The number of ether oxygens (including phenoxy) is 1. The first-order valence-electron chi connectivity index (χ1n) is 6.79. The number of nitrogens with zero attached hydrogens (tertiary/aromatic N) is 1. The number of benzene rings is 2. The van der Waals surface area contributed by atoms with Crippen molar-refractivity contribution in [3.05, 3.63) is 65.7 Å². The maximum atomic E-state index is 11.2. The second-order valence-electron chi connectivity index (χ2n) is 5.03. The van der Waals surface area contributed by atoms with E-state index < -0.39 is 10.1 Å². The Hall–Kier alpha value is -2.34. The minimum absolute atomic E-state index is 0.224. The van der Waals surface area contributed by atoms with Gasteiger partial charge in [0.15, 0.2) is 0 Å². The van der Waals surface area contributed by atoms with Crippen LogP contribution in [0.2, 0.25) is 0 Å². The zero-order valence-corrected chi connectivity index (χ0v) is 12.8. The van der Waals surface area contributed by atoms with Crippen LogP contribution in [0.4, 0.5) is 0 Å². The Labute approximate surface area is 129 Å². The Morgan fingerprint density at radius 2 is 1.77 bits per heavy atom. The van der Waals surface area contributed by atoms with E-state index in [2.05, 4.69) is 9.44 Å². The molecule has 0 radical (unpaired) electrons. The molecule has 0 spiro atoms. The molecule has 2 aromatic rings. The van der Waals surface area contributed by atoms with Crippen molar-refractivity contribution in [1.29, 1.82) is 0 Å². The zero-order valence-electron chi connectivity index (χ0n) is 12.0. The van der Waals surface area contributed by atoms with Crippen molar-refractivity contribution in [3.63, 3.8) is 0 Å². The van der Waals surface area contributed by atoms with Crippen molar-refractivity contribution in [2.24, 2.45) is 5.16 Å². The highest BCUT2D eigenvalue weighted by molar-refractivity contribution is 7.85. The summed E-state index contributed by atoms with van der Waals surface area (Å²) in [6.45, 7) is 0. The molecule has 0 saturated carbocycles. The van der Waals surface area contributed by atoms with E-state index in [1.165, 1.54) is 0 Å². The molecular formula is C16H15NO4S. The Bertz CT molecular complexity index is 800. The Balaban J connectivity index is 1.98. The molecule has 6 heteroatoms. The average Bonchev–Trinajstić information content (AvgIpc) is 2.52. The fraction of sp³-hybridized carbons (Fsp3) is 0.188. The lowest BCUT2D eigenvalue weighted by molar-refractivity contribution is 0.204.